The van der Waals surface area contributed by atoms with Crippen molar-refractivity contribution in [2.75, 3.05) is 31.2 Å². The minimum atomic E-state index is 0.847. The number of ether oxygens (including phenoxy) is 1. The second kappa shape index (κ2) is 4.80. The molecule has 0 N–H and O–H groups in total. The van der Waals surface area contributed by atoms with Gasteiger partial charge in [0.15, 0.2) is 0 Å². The zero-order chi connectivity index (χ0) is 9.80. The van der Waals surface area contributed by atoms with E-state index in [0.29, 0.717) is 0 Å². The molecule has 1 aromatic rings. The van der Waals surface area contributed by atoms with Gasteiger partial charge in [-0.25, -0.2) is 0 Å². The molecule has 76 valence electrons. The van der Waals surface area contributed by atoms with Crippen molar-refractivity contribution in [1.29, 1.82) is 0 Å². The van der Waals surface area contributed by atoms with Crippen LogP contribution in [-0.4, -0.2) is 26.3 Å². The van der Waals surface area contributed by atoms with Crippen LogP contribution >= 0.6 is 15.9 Å². The summed E-state index contributed by atoms with van der Waals surface area (Å²) in [5.41, 5.74) is 2.63. The smallest absolute Gasteiger partial charge is 0.0642 e. The Balaban J connectivity index is 2.07. The number of hydrogen-bond donors (Lipinski definition) is 0. The molecule has 0 amide bonds. The Kier molecular flexibility index (Phi) is 3.43. The fourth-order valence-electron chi connectivity index (χ4n) is 1.62. The van der Waals surface area contributed by atoms with E-state index in [4.69, 9.17) is 4.74 Å². The van der Waals surface area contributed by atoms with Crippen molar-refractivity contribution in [2.45, 2.75) is 5.33 Å². The second-order valence-electron chi connectivity index (χ2n) is 3.40. The molecular weight excluding hydrogens is 242 g/mol. The molecule has 0 atom stereocenters. The van der Waals surface area contributed by atoms with E-state index >= 15 is 0 Å². The zero-order valence-corrected chi connectivity index (χ0v) is 9.66. The summed E-state index contributed by atoms with van der Waals surface area (Å²) in [4.78, 5) is 2.36. The van der Waals surface area contributed by atoms with Crippen LogP contribution in [0.25, 0.3) is 0 Å². The molecule has 1 fully saturated rings. The monoisotopic (exact) mass is 255 g/mol. The molecule has 0 aliphatic carbocycles. The first-order valence-corrected chi connectivity index (χ1v) is 6.00. The van der Waals surface area contributed by atoms with Crippen LogP contribution in [-0.2, 0) is 10.1 Å². The van der Waals surface area contributed by atoms with Gasteiger partial charge in [0.25, 0.3) is 0 Å². The molecule has 0 aromatic heterocycles. The molecule has 0 unspecified atom stereocenters. The normalized spacial score (nSPS) is 17.1. The molecule has 2 rings (SSSR count). The summed E-state index contributed by atoms with van der Waals surface area (Å²) in [6, 6.07) is 8.70. The summed E-state index contributed by atoms with van der Waals surface area (Å²) in [5, 5.41) is 0.927. The number of nitrogens with zero attached hydrogens (tertiary/aromatic N) is 1. The maximum absolute atomic E-state index is 5.32. The number of rotatable bonds is 2. The molecular formula is C11H14BrNO. The summed E-state index contributed by atoms with van der Waals surface area (Å²) in [6.45, 7) is 3.71. The lowest BCUT2D eigenvalue weighted by Gasteiger charge is -2.28. The van der Waals surface area contributed by atoms with Crippen molar-refractivity contribution in [1.82, 2.24) is 0 Å². The number of alkyl halides is 1. The number of anilines is 1. The third-order valence-corrected chi connectivity index (χ3v) is 3.11. The predicted octanol–water partition coefficient (Wildman–Crippen LogP) is 2.42. The van der Waals surface area contributed by atoms with E-state index in [1.54, 1.807) is 0 Å². The molecule has 1 aliphatic heterocycles. The average Bonchev–Trinajstić information content (AvgIpc) is 2.30. The fourth-order valence-corrected chi connectivity index (χ4v) is 1.99. The number of hydrogen-bond acceptors (Lipinski definition) is 2. The molecule has 1 saturated heterocycles. The van der Waals surface area contributed by atoms with Gasteiger partial charge in [-0.05, 0) is 17.7 Å². The Morgan fingerprint density at radius 1 is 1.14 bits per heavy atom. The van der Waals surface area contributed by atoms with Crippen molar-refractivity contribution in [2.24, 2.45) is 0 Å². The van der Waals surface area contributed by atoms with E-state index < -0.39 is 0 Å². The van der Waals surface area contributed by atoms with Crippen molar-refractivity contribution in [3.8, 4) is 0 Å². The minimum Gasteiger partial charge on any atom is -0.378 e. The highest BCUT2D eigenvalue weighted by Gasteiger charge is 2.10. The van der Waals surface area contributed by atoms with E-state index in [1.807, 2.05) is 0 Å². The molecule has 3 heteroatoms. The topological polar surface area (TPSA) is 12.5 Å². The van der Waals surface area contributed by atoms with Gasteiger partial charge in [-0.1, -0.05) is 28.1 Å². The summed E-state index contributed by atoms with van der Waals surface area (Å²) in [7, 11) is 0. The first-order chi connectivity index (χ1) is 6.90. The van der Waals surface area contributed by atoms with Gasteiger partial charge in [0.1, 0.15) is 0 Å². The van der Waals surface area contributed by atoms with Crippen molar-refractivity contribution in [3.63, 3.8) is 0 Å². The summed E-state index contributed by atoms with van der Waals surface area (Å²) < 4.78 is 5.32. The first kappa shape index (κ1) is 9.99. The first-order valence-electron chi connectivity index (χ1n) is 4.88. The van der Waals surface area contributed by atoms with Gasteiger partial charge in [-0.3, -0.25) is 0 Å². The van der Waals surface area contributed by atoms with E-state index in [0.717, 1.165) is 31.6 Å². The molecule has 0 radical (unpaired) electrons. The molecule has 0 saturated carbocycles. The molecule has 1 heterocycles. The molecule has 0 spiro atoms. The van der Waals surface area contributed by atoms with Gasteiger partial charge in [0, 0.05) is 24.1 Å². The van der Waals surface area contributed by atoms with E-state index in [1.165, 1.54) is 11.3 Å². The molecule has 1 aliphatic rings. The predicted molar refractivity (Wildman–Crippen MR) is 62.1 cm³/mol. The number of benzene rings is 1. The quantitative estimate of drug-likeness (QED) is 0.753. The van der Waals surface area contributed by atoms with Crippen LogP contribution in [0.15, 0.2) is 24.3 Å². The largest absolute Gasteiger partial charge is 0.378 e. The Bertz CT molecular complexity index is 280. The molecule has 14 heavy (non-hydrogen) atoms. The highest BCUT2D eigenvalue weighted by molar-refractivity contribution is 9.08. The van der Waals surface area contributed by atoms with Gasteiger partial charge in [0.05, 0.1) is 13.2 Å². The van der Waals surface area contributed by atoms with Gasteiger partial charge in [-0.2, -0.15) is 0 Å². The van der Waals surface area contributed by atoms with Crippen molar-refractivity contribution < 1.29 is 4.74 Å². The Labute approximate surface area is 93.0 Å². The third-order valence-electron chi connectivity index (χ3n) is 2.47. The number of morpholine rings is 1. The summed E-state index contributed by atoms with van der Waals surface area (Å²) >= 11 is 3.44. The lowest BCUT2D eigenvalue weighted by Crippen LogP contribution is -2.36. The molecule has 1 aromatic carbocycles. The van der Waals surface area contributed by atoms with Gasteiger partial charge in [-0.15, -0.1) is 0 Å². The lowest BCUT2D eigenvalue weighted by molar-refractivity contribution is 0.122. The highest BCUT2D eigenvalue weighted by atomic mass is 79.9. The highest BCUT2D eigenvalue weighted by Crippen LogP contribution is 2.17. The van der Waals surface area contributed by atoms with Crippen LogP contribution in [0.5, 0.6) is 0 Å². The Hall–Kier alpha value is -0.540. The lowest BCUT2D eigenvalue weighted by atomic mass is 10.2. The van der Waals surface area contributed by atoms with Gasteiger partial charge >= 0.3 is 0 Å². The van der Waals surface area contributed by atoms with Crippen LogP contribution in [0, 0.1) is 0 Å². The van der Waals surface area contributed by atoms with Crippen LogP contribution in [0.4, 0.5) is 5.69 Å². The van der Waals surface area contributed by atoms with Gasteiger partial charge in [0.2, 0.25) is 0 Å². The second-order valence-corrected chi connectivity index (χ2v) is 3.96. The third kappa shape index (κ3) is 2.28. The fraction of sp³-hybridized carbons (Fsp3) is 0.455. The summed E-state index contributed by atoms with van der Waals surface area (Å²) in [6.07, 6.45) is 0. The van der Waals surface area contributed by atoms with Crippen LogP contribution in [0.1, 0.15) is 5.56 Å². The van der Waals surface area contributed by atoms with E-state index in [9.17, 15) is 0 Å². The van der Waals surface area contributed by atoms with Gasteiger partial charge < -0.3 is 9.64 Å². The molecule has 0 bridgehead atoms. The molecule has 2 nitrogen and oxygen atoms in total. The Morgan fingerprint density at radius 3 is 2.36 bits per heavy atom. The van der Waals surface area contributed by atoms with Crippen molar-refractivity contribution >= 4 is 21.6 Å². The van der Waals surface area contributed by atoms with Crippen LogP contribution in [0.3, 0.4) is 0 Å². The summed E-state index contributed by atoms with van der Waals surface area (Å²) in [5.74, 6) is 0. The van der Waals surface area contributed by atoms with Crippen molar-refractivity contribution in [3.05, 3.63) is 29.8 Å². The maximum atomic E-state index is 5.32. The Morgan fingerprint density at radius 2 is 1.79 bits per heavy atom. The number of halogens is 1. The van der Waals surface area contributed by atoms with E-state index in [2.05, 4.69) is 45.1 Å². The maximum Gasteiger partial charge on any atom is 0.0642 e. The standard InChI is InChI=1S/C11H14BrNO/c12-9-10-1-3-11(4-2-10)13-5-7-14-8-6-13/h1-4H,5-9H2. The minimum absolute atomic E-state index is 0.847. The van der Waals surface area contributed by atoms with E-state index in [-0.39, 0.29) is 0 Å². The van der Waals surface area contributed by atoms with Crippen LogP contribution < -0.4 is 4.90 Å². The average molecular weight is 256 g/mol. The zero-order valence-electron chi connectivity index (χ0n) is 8.08. The SMILES string of the molecule is BrCc1ccc(N2CCOCC2)cc1. The van der Waals surface area contributed by atoms with Crippen LogP contribution in [0.2, 0.25) is 0 Å².